The van der Waals surface area contributed by atoms with E-state index >= 15 is 0 Å². The lowest BCUT2D eigenvalue weighted by molar-refractivity contribution is 0.0993. The van der Waals surface area contributed by atoms with Crippen LogP contribution in [0.25, 0.3) is 10.9 Å². The molecule has 26 heavy (non-hydrogen) atoms. The number of halogens is 1. The van der Waals surface area contributed by atoms with Crippen LogP contribution in [0.3, 0.4) is 0 Å². The van der Waals surface area contributed by atoms with Gasteiger partial charge in [0.25, 0.3) is 0 Å². The van der Waals surface area contributed by atoms with Crippen molar-refractivity contribution in [2.24, 2.45) is 0 Å². The number of likely N-dealkylation sites (tertiary alicyclic amines) is 1. The number of piperidine rings is 1. The number of nitrogens with one attached hydrogen (secondary N) is 1. The van der Waals surface area contributed by atoms with Gasteiger partial charge in [-0.05, 0) is 96.9 Å². The van der Waals surface area contributed by atoms with Crippen molar-refractivity contribution in [1.82, 2.24) is 9.88 Å². The van der Waals surface area contributed by atoms with Crippen LogP contribution in [0.15, 0.2) is 48.7 Å². The molecule has 3 aromatic rings. The fraction of sp³-hybridized carbons (Fsp3) is 0.318. The van der Waals surface area contributed by atoms with Crippen molar-refractivity contribution in [3.8, 4) is 0 Å². The van der Waals surface area contributed by atoms with Crippen LogP contribution in [0.4, 0.5) is 0 Å². The molecule has 1 aliphatic rings. The molecular weight excluding hydrogens is 435 g/mol. The number of ketones is 1. The van der Waals surface area contributed by atoms with Crippen molar-refractivity contribution >= 4 is 39.3 Å². The first-order chi connectivity index (χ1) is 12.6. The predicted octanol–water partition coefficient (Wildman–Crippen LogP) is 5.01. The van der Waals surface area contributed by atoms with Crippen LogP contribution in [0.5, 0.6) is 0 Å². The summed E-state index contributed by atoms with van der Waals surface area (Å²) in [7, 11) is 2.19. The van der Waals surface area contributed by atoms with Gasteiger partial charge in [-0.1, -0.05) is 18.2 Å². The Kier molecular flexibility index (Phi) is 5.14. The number of nitrogens with zero attached hydrogens (tertiary/aromatic N) is 1. The van der Waals surface area contributed by atoms with E-state index in [0.29, 0.717) is 12.3 Å². The maximum absolute atomic E-state index is 12.6. The molecule has 4 rings (SSSR count). The standard InChI is InChI=1S/C22H23IN2O/c1-25-9-7-16(8-10-25)20-14-24-21-6-5-15(11-19(20)21)12-22(26)17-3-2-4-18(23)13-17/h2-6,11,13-14,16,24H,7-10,12H2,1H3. The zero-order valence-corrected chi connectivity index (χ0v) is 17.1. The first-order valence-electron chi connectivity index (χ1n) is 9.17. The summed E-state index contributed by atoms with van der Waals surface area (Å²) >= 11 is 2.25. The minimum Gasteiger partial charge on any atom is -0.361 e. The molecule has 4 heteroatoms. The van der Waals surface area contributed by atoms with E-state index in [2.05, 4.69) is 63.9 Å². The molecule has 0 aliphatic carbocycles. The highest BCUT2D eigenvalue weighted by Crippen LogP contribution is 2.33. The molecule has 1 aliphatic heterocycles. The minimum absolute atomic E-state index is 0.180. The molecule has 3 nitrogen and oxygen atoms in total. The smallest absolute Gasteiger partial charge is 0.167 e. The highest BCUT2D eigenvalue weighted by molar-refractivity contribution is 14.1. The van der Waals surface area contributed by atoms with Gasteiger partial charge < -0.3 is 9.88 Å². The molecule has 0 atom stereocenters. The van der Waals surface area contributed by atoms with Gasteiger partial charge in [0.2, 0.25) is 0 Å². The van der Waals surface area contributed by atoms with Gasteiger partial charge in [-0.15, -0.1) is 0 Å². The quantitative estimate of drug-likeness (QED) is 0.441. The molecule has 0 bridgehead atoms. The monoisotopic (exact) mass is 458 g/mol. The number of hydrogen-bond acceptors (Lipinski definition) is 2. The highest BCUT2D eigenvalue weighted by Gasteiger charge is 2.21. The van der Waals surface area contributed by atoms with Crippen LogP contribution >= 0.6 is 22.6 Å². The Labute approximate surface area is 167 Å². The maximum Gasteiger partial charge on any atom is 0.167 e. The largest absolute Gasteiger partial charge is 0.361 e. The van der Waals surface area contributed by atoms with E-state index in [1.807, 2.05) is 24.3 Å². The summed E-state index contributed by atoms with van der Waals surface area (Å²) in [6, 6.07) is 14.2. The second-order valence-electron chi connectivity index (χ2n) is 7.31. The summed E-state index contributed by atoms with van der Waals surface area (Å²) in [6.07, 6.45) is 5.03. The Hall–Kier alpha value is -1.66. The Bertz CT molecular complexity index is 938. The molecule has 0 radical (unpaired) electrons. The Morgan fingerprint density at radius 2 is 2.00 bits per heavy atom. The summed E-state index contributed by atoms with van der Waals surface area (Å²) in [5.74, 6) is 0.792. The number of rotatable bonds is 4. The van der Waals surface area contributed by atoms with E-state index < -0.39 is 0 Å². The van der Waals surface area contributed by atoms with Gasteiger partial charge in [0.15, 0.2) is 5.78 Å². The first-order valence-corrected chi connectivity index (χ1v) is 10.3. The molecular formula is C22H23IN2O. The van der Waals surface area contributed by atoms with Gasteiger partial charge in [0, 0.05) is 32.7 Å². The Balaban J connectivity index is 1.59. The van der Waals surface area contributed by atoms with Crippen LogP contribution in [0.1, 0.15) is 40.2 Å². The molecule has 1 fully saturated rings. The van der Waals surface area contributed by atoms with Gasteiger partial charge in [0.05, 0.1) is 0 Å². The number of benzene rings is 2. The molecule has 1 saturated heterocycles. The zero-order valence-electron chi connectivity index (χ0n) is 15.0. The fourth-order valence-electron chi connectivity index (χ4n) is 3.91. The van der Waals surface area contributed by atoms with Crippen molar-refractivity contribution in [3.05, 3.63) is 68.9 Å². The normalized spacial score (nSPS) is 16.2. The van der Waals surface area contributed by atoms with Gasteiger partial charge in [-0.3, -0.25) is 4.79 Å². The number of Topliss-reactive ketones (excluding diaryl/α,β-unsaturated/α-hetero) is 1. The molecule has 1 N–H and O–H groups in total. The lowest BCUT2D eigenvalue weighted by Gasteiger charge is -2.28. The third-order valence-corrected chi connectivity index (χ3v) is 6.12. The minimum atomic E-state index is 0.180. The summed E-state index contributed by atoms with van der Waals surface area (Å²) in [5, 5.41) is 1.28. The van der Waals surface area contributed by atoms with E-state index in [-0.39, 0.29) is 5.78 Å². The molecule has 134 valence electrons. The van der Waals surface area contributed by atoms with Gasteiger partial charge >= 0.3 is 0 Å². The summed E-state index contributed by atoms with van der Waals surface area (Å²) < 4.78 is 1.10. The number of carbonyl (C=O) groups is 1. The summed E-state index contributed by atoms with van der Waals surface area (Å²) in [6.45, 7) is 2.31. The number of hydrogen-bond donors (Lipinski definition) is 1. The van der Waals surface area contributed by atoms with E-state index in [4.69, 9.17) is 0 Å². The SMILES string of the molecule is CN1CCC(c2c[nH]c3ccc(CC(=O)c4cccc(I)c4)cc23)CC1. The summed E-state index contributed by atoms with van der Waals surface area (Å²) in [4.78, 5) is 18.5. The fourth-order valence-corrected chi connectivity index (χ4v) is 4.45. The average Bonchev–Trinajstić information content (AvgIpc) is 3.05. The van der Waals surface area contributed by atoms with Crippen LogP contribution in [0.2, 0.25) is 0 Å². The number of carbonyl (C=O) groups excluding carboxylic acids is 1. The van der Waals surface area contributed by atoms with Crippen LogP contribution in [-0.2, 0) is 6.42 Å². The van der Waals surface area contributed by atoms with Crippen molar-refractivity contribution in [2.75, 3.05) is 20.1 Å². The Morgan fingerprint density at radius 3 is 2.77 bits per heavy atom. The number of aromatic nitrogens is 1. The molecule has 2 heterocycles. The average molecular weight is 458 g/mol. The highest BCUT2D eigenvalue weighted by atomic mass is 127. The van der Waals surface area contributed by atoms with Crippen molar-refractivity contribution in [3.63, 3.8) is 0 Å². The number of aromatic amines is 1. The van der Waals surface area contributed by atoms with E-state index in [0.717, 1.165) is 27.8 Å². The third kappa shape index (κ3) is 3.71. The van der Waals surface area contributed by atoms with Crippen LogP contribution in [-0.4, -0.2) is 35.8 Å². The van der Waals surface area contributed by atoms with E-state index in [1.165, 1.54) is 29.3 Å². The molecule has 0 spiro atoms. The number of H-pyrrole nitrogens is 1. The predicted molar refractivity (Wildman–Crippen MR) is 115 cm³/mol. The lowest BCUT2D eigenvalue weighted by Crippen LogP contribution is -2.29. The molecule has 0 amide bonds. The molecule has 1 aromatic heterocycles. The molecule has 0 saturated carbocycles. The van der Waals surface area contributed by atoms with Crippen LogP contribution in [0, 0.1) is 3.57 Å². The zero-order chi connectivity index (χ0) is 18.1. The van der Waals surface area contributed by atoms with Crippen molar-refractivity contribution in [1.29, 1.82) is 0 Å². The second kappa shape index (κ2) is 7.53. The molecule has 0 unspecified atom stereocenters. The van der Waals surface area contributed by atoms with Crippen LogP contribution < -0.4 is 0 Å². The van der Waals surface area contributed by atoms with Crippen molar-refractivity contribution in [2.45, 2.75) is 25.2 Å². The van der Waals surface area contributed by atoms with Crippen molar-refractivity contribution < 1.29 is 4.79 Å². The first kappa shape index (κ1) is 17.7. The maximum atomic E-state index is 12.6. The second-order valence-corrected chi connectivity index (χ2v) is 8.56. The van der Waals surface area contributed by atoms with E-state index in [1.54, 1.807) is 0 Å². The van der Waals surface area contributed by atoms with Gasteiger partial charge in [0.1, 0.15) is 0 Å². The van der Waals surface area contributed by atoms with Gasteiger partial charge in [-0.25, -0.2) is 0 Å². The Morgan fingerprint density at radius 1 is 1.19 bits per heavy atom. The topological polar surface area (TPSA) is 36.1 Å². The van der Waals surface area contributed by atoms with E-state index in [9.17, 15) is 4.79 Å². The lowest BCUT2D eigenvalue weighted by atomic mass is 9.89. The van der Waals surface area contributed by atoms with Gasteiger partial charge in [-0.2, -0.15) is 0 Å². The summed E-state index contributed by atoms with van der Waals surface area (Å²) in [5.41, 5.74) is 4.47. The number of fused-ring (bicyclic) bond motifs is 1. The molecule has 2 aromatic carbocycles. The third-order valence-electron chi connectivity index (χ3n) is 5.45.